The first kappa shape index (κ1) is 25.3. The largest absolute Gasteiger partial charge is 0.317 e. The normalized spacial score (nSPS) is 15.5. The zero-order valence-electron chi connectivity index (χ0n) is 19.5. The summed E-state index contributed by atoms with van der Waals surface area (Å²) in [7, 11) is 0. The number of fused-ring (bicyclic) bond motifs is 1. The summed E-state index contributed by atoms with van der Waals surface area (Å²) in [4.78, 5) is 51.7. The fourth-order valence-corrected chi connectivity index (χ4v) is 4.13. The second-order valence-electron chi connectivity index (χ2n) is 8.22. The van der Waals surface area contributed by atoms with E-state index in [9.17, 15) is 19.2 Å². The van der Waals surface area contributed by atoms with Crippen LogP contribution in [0.15, 0.2) is 60.7 Å². The van der Waals surface area contributed by atoms with Crippen LogP contribution < -0.4 is 10.6 Å². The van der Waals surface area contributed by atoms with Crippen molar-refractivity contribution in [1.82, 2.24) is 20.4 Å². The van der Waals surface area contributed by atoms with E-state index >= 15 is 0 Å². The van der Waals surface area contributed by atoms with Crippen molar-refractivity contribution in [3.05, 3.63) is 71.8 Å². The molecule has 2 aliphatic rings. The van der Waals surface area contributed by atoms with Crippen molar-refractivity contribution in [3.63, 3.8) is 0 Å². The van der Waals surface area contributed by atoms with E-state index in [0.29, 0.717) is 48.2 Å². The summed E-state index contributed by atoms with van der Waals surface area (Å²) in [5.74, 6) is -1.01. The summed E-state index contributed by atoms with van der Waals surface area (Å²) >= 11 is 0. The molecule has 0 radical (unpaired) electrons. The Hall–Kier alpha value is -3.36. The predicted octanol–water partition coefficient (Wildman–Crippen LogP) is 2.06. The van der Waals surface area contributed by atoms with Crippen LogP contribution in [0.1, 0.15) is 46.4 Å². The first-order valence-electron chi connectivity index (χ1n) is 11.7. The second kappa shape index (κ2) is 12.2. The lowest BCUT2D eigenvalue weighted by Gasteiger charge is -2.15. The molecular formula is C26H32N4O4. The summed E-state index contributed by atoms with van der Waals surface area (Å²) < 4.78 is 0. The average molecular weight is 465 g/mol. The van der Waals surface area contributed by atoms with Gasteiger partial charge in [-0.3, -0.25) is 29.0 Å². The molecule has 0 fully saturated rings. The lowest BCUT2D eigenvalue weighted by Crippen LogP contribution is -2.34. The van der Waals surface area contributed by atoms with Crippen molar-refractivity contribution in [2.45, 2.75) is 25.7 Å². The number of unbranched alkanes of at least 4 members (excludes halogenated alkanes) is 1. The molecule has 0 aliphatic carbocycles. The van der Waals surface area contributed by atoms with Crippen molar-refractivity contribution in [2.24, 2.45) is 0 Å². The number of amides is 4. The summed E-state index contributed by atoms with van der Waals surface area (Å²) in [5.41, 5.74) is 1.63. The Balaban J connectivity index is 1.18. The molecule has 1 aromatic carbocycles. The van der Waals surface area contributed by atoms with Crippen LogP contribution in [0.3, 0.4) is 0 Å². The van der Waals surface area contributed by atoms with Gasteiger partial charge in [0.1, 0.15) is 0 Å². The first-order chi connectivity index (χ1) is 16.5. The van der Waals surface area contributed by atoms with Crippen LogP contribution in [0, 0.1) is 0 Å². The van der Waals surface area contributed by atoms with Gasteiger partial charge in [-0.05, 0) is 64.0 Å². The van der Waals surface area contributed by atoms with Crippen molar-refractivity contribution in [2.75, 3.05) is 39.3 Å². The smallest absolute Gasteiger partial charge is 0.261 e. The van der Waals surface area contributed by atoms with Gasteiger partial charge in [0.15, 0.2) is 0 Å². The Labute approximate surface area is 200 Å². The lowest BCUT2D eigenvalue weighted by molar-refractivity contribution is -0.137. The fraction of sp³-hybridized carbons (Fsp3) is 0.385. The van der Waals surface area contributed by atoms with Gasteiger partial charge < -0.3 is 10.6 Å². The van der Waals surface area contributed by atoms with Gasteiger partial charge in [-0.1, -0.05) is 37.4 Å². The number of rotatable bonds is 15. The first-order valence-corrected chi connectivity index (χ1v) is 11.7. The van der Waals surface area contributed by atoms with Gasteiger partial charge in [0, 0.05) is 13.1 Å². The number of nitrogens with one attached hydrogen (secondary N) is 2. The molecule has 2 heterocycles. The highest BCUT2D eigenvalue weighted by molar-refractivity contribution is 6.22. The summed E-state index contributed by atoms with van der Waals surface area (Å²) in [6.07, 6.45) is 6.21. The summed E-state index contributed by atoms with van der Waals surface area (Å²) in [5, 5.41) is 6.68. The number of carbonyl (C=O) groups is 4. The van der Waals surface area contributed by atoms with Crippen LogP contribution in [-0.4, -0.2) is 72.7 Å². The Morgan fingerprint density at radius 2 is 1.00 bits per heavy atom. The van der Waals surface area contributed by atoms with E-state index in [2.05, 4.69) is 23.8 Å². The van der Waals surface area contributed by atoms with Crippen molar-refractivity contribution in [1.29, 1.82) is 0 Å². The highest BCUT2D eigenvalue weighted by Crippen LogP contribution is 2.23. The topological polar surface area (TPSA) is 98.8 Å². The summed E-state index contributed by atoms with van der Waals surface area (Å²) in [6.45, 7) is 11.2. The SMILES string of the molecule is C=CC1=C(C=C)C(=O)N(CCCNCCCCNCCCN2C(=O)c3ccccc3C2=O)C1=O. The molecule has 0 atom stereocenters. The van der Waals surface area contributed by atoms with Crippen molar-refractivity contribution < 1.29 is 19.2 Å². The van der Waals surface area contributed by atoms with Crippen LogP contribution in [0.4, 0.5) is 0 Å². The number of carbonyl (C=O) groups excluding carboxylic acids is 4. The highest BCUT2D eigenvalue weighted by atomic mass is 16.2. The van der Waals surface area contributed by atoms with Gasteiger partial charge in [0.25, 0.3) is 23.6 Å². The number of imide groups is 2. The molecule has 2 N–H and O–H groups in total. The van der Waals surface area contributed by atoms with E-state index in [1.807, 2.05) is 0 Å². The Morgan fingerprint density at radius 1 is 0.618 bits per heavy atom. The van der Waals surface area contributed by atoms with E-state index in [0.717, 1.165) is 39.0 Å². The average Bonchev–Trinajstić information content (AvgIpc) is 3.23. The fourth-order valence-electron chi connectivity index (χ4n) is 4.13. The zero-order valence-corrected chi connectivity index (χ0v) is 19.5. The van der Waals surface area contributed by atoms with Gasteiger partial charge in [-0.15, -0.1) is 0 Å². The molecule has 4 amide bonds. The zero-order chi connectivity index (χ0) is 24.5. The number of nitrogens with zero attached hydrogens (tertiary/aromatic N) is 2. The predicted molar refractivity (Wildman–Crippen MR) is 130 cm³/mol. The van der Waals surface area contributed by atoms with Gasteiger partial charge in [-0.25, -0.2) is 0 Å². The molecule has 1 aromatic rings. The second-order valence-corrected chi connectivity index (χ2v) is 8.22. The molecule has 0 unspecified atom stereocenters. The van der Waals surface area contributed by atoms with Gasteiger partial charge in [0.05, 0.1) is 22.3 Å². The highest BCUT2D eigenvalue weighted by Gasteiger charge is 2.35. The molecule has 34 heavy (non-hydrogen) atoms. The maximum absolute atomic E-state index is 12.3. The summed E-state index contributed by atoms with van der Waals surface area (Å²) in [6, 6.07) is 6.94. The molecule has 2 aliphatic heterocycles. The van der Waals surface area contributed by atoms with E-state index < -0.39 is 0 Å². The number of hydrogen-bond donors (Lipinski definition) is 2. The maximum atomic E-state index is 12.3. The molecule has 0 spiro atoms. The third-order valence-corrected chi connectivity index (χ3v) is 5.96. The molecular weight excluding hydrogens is 432 g/mol. The molecule has 8 heteroatoms. The van der Waals surface area contributed by atoms with Crippen LogP contribution in [0.25, 0.3) is 0 Å². The molecule has 0 saturated heterocycles. The maximum Gasteiger partial charge on any atom is 0.261 e. The Kier molecular flexibility index (Phi) is 9.07. The number of hydrogen-bond acceptors (Lipinski definition) is 6. The van der Waals surface area contributed by atoms with Crippen molar-refractivity contribution >= 4 is 23.6 Å². The third-order valence-electron chi connectivity index (χ3n) is 5.96. The quantitative estimate of drug-likeness (QED) is 0.305. The molecule has 0 aromatic heterocycles. The van der Waals surface area contributed by atoms with Crippen LogP contribution in [0.2, 0.25) is 0 Å². The Morgan fingerprint density at radius 3 is 1.41 bits per heavy atom. The van der Waals surface area contributed by atoms with Crippen LogP contribution >= 0.6 is 0 Å². The number of benzene rings is 1. The monoisotopic (exact) mass is 464 g/mol. The van der Waals surface area contributed by atoms with Gasteiger partial charge in [0.2, 0.25) is 0 Å². The van der Waals surface area contributed by atoms with Crippen LogP contribution in [0.5, 0.6) is 0 Å². The lowest BCUT2D eigenvalue weighted by atomic mass is 10.1. The van der Waals surface area contributed by atoms with Gasteiger partial charge in [-0.2, -0.15) is 0 Å². The van der Waals surface area contributed by atoms with E-state index in [1.165, 1.54) is 22.0 Å². The molecule has 3 rings (SSSR count). The molecule has 0 saturated carbocycles. The molecule has 8 nitrogen and oxygen atoms in total. The molecule has 180 valence electrons. The molecule has 0 bridgehead atoms. The van der Waals surface area contributed by atoms with Crippen LogP contribution in [-0.2, 0) is 9.59 Å². The van der Waals surface area contributed by atoms with E-state index in [1.54, 1.807) is 24.3 Å². The third kappa shape index (κ3) is 5.58. The minimum absolute atomic E-state index is 0.205. The standard InChI is InChI=1S/C26H32N4O4/c1-3-19-20(4-2)24(32)29(23(19)31)17-9-15-27-13-7-8-14-28-16-10-18-30-25(33)21-11-5-6-12-22(21)26(30)34/h3-6,11-12,27-28H,1-2,7-10,13-18H2. The van der Waals surface area contributed by atoms with Gasteiger partial charge >= 0.3 is 0 Å². The van der Waals surface area contributed by atoms with E-state index in [4.69, 9.17) is 0 Å². The Bertz CT molecular complexity index is 949. The minimum atomic E-state index is -0.302. The van der Waals surface area contributed by atoms with Crippen molar-refractivity contribution in [3.8, 4) is 0 Å². The van der Waals surface area contributed by atoms with E-state index in [-0.39, 0.29) is 23.6 Å². The minimum Gasteiger partial charge on any atom is -0.317 e.